The molecular weight excluding hydrogens is 651 g/mol. The van der Waals surface area contributed by atoms with Crippen molar-refractivity contribution in [1.29, 1.82) is 0 Å². The van der Waals surface area contributed by atoms with Crippen molar-refractivity contribution in [3.05, 3.63) is 197 Å². The van der Waals surface area contributed by atoms with Crippen LogP contribution in [0, 0.1) is 0 Å². The molecule has 2 nitrogen and oxygen atoms in total. The minimum Gasteiger partial charge on any atom is -0.460 e. The largest absolute Gasteiger partial charge is 0.460 e. The van der Waals surface area contributed by atoms with Crippen LogP contribution in [0.4, 0.5) is 11.4 Å². The summed E-state index contributed by atoms with van der Waals surface area (Å²) >= 11 is 1.92. The standard InChI is InChI=1S/C49H37NOS/c1-3-14-32(15-4-1)49(41-21-10-7-18-36(41)37-19-8-11-22-42(37)49)33-26-28-38-39-29-27-35(31-47(39)52-46(38)30-33)50(34-16-5-2-6-17-34)43-23-13-25-45-48(43)40-20-9-12-24-44(40)51-45/h1-5,7-11,13-16,18,20-23,25-31,37H,6,12,17,19,24H2. The Hall–Kier alpha value is -5.64. The van der Waals surface area contributed by atoms with Crippen molar-refractivity contribution >= 4 is 59.9 Å². The Morgan fingerprint density at radius 2 is 1.52 bits per heavy atom. The van der Waals surface area contributed by atoms with Gasteiger partial charge in [0.25, 0.3) is 0 Å². The first-order valence-electron chi connectivity index (χ1n) is 18.6. The first-order valence-corrected chi connectivity index (χ1v) is 19.5. The number of rotatable bonds is 5. The Morgan fingerprint density at radius 1 is 0.692 bits per heavy atom. The van der Waals surface area contributed by atoms with Crippen molar-refractivity contribution in [2.24, 2.45) is 0 Å². The third kappa shape index (κ3) is 4.29. The fourth-order valence-electron chi connectivity index (χ4n) is 9.65. The van der Waals surface area contributed by atoms with Gasteiger partial charge in [0.1, 0.15) is 11.3 Å². The molecule has 2 heterocycles. The van der Waals surface area contributed by atoms with Crippen molar-refractivity contribution in [3.8, 4) is 0 Å². The van der Waals surface area contributed by atoms with Crippen molar-refractivity contribution in [2.75, 3.05) is 4.90 Å². The van der Waals surface area contributed by atoms with Gasteiger partial charge < -0.3 is 9.32 Å². The first-order chi connectivity index (χ1) is 25.8. The van der Waals surface area contributed by atoms with Gasteiger partial charge in [-0.2, -0.15) is 0 Å². The maximum atomic E-state index is 6.45. The Labute approximate surface area is 308 Å². The van der Waals surface area contributed by atoms with E-state index in [1.54, 1.807) is 0 Å². The number of anilines is 2. The zero-order valence-corrected chi connectivity index (χ0v) is 29.7. The molecule has 5 aromatic carbocycles. The van der Waals surface area contributed by atoms with Gasteiger partial charge in [0.05, 0.1) is 16.5 Å². The highest BCUT2D eigenvalue weighted by Crippen LogP contribution is 2.59. The summed E-state index contributed by atoms with van der Waals surface area (Å²) in [6.45, 7) is 0. The van der Waals surface area contributed by atoms with Gasteiger partial charge in [-0.1, -0.05) is 121 Å². The van der Waals surface area contributed by atoms with E-state index in [9.17, 15) is 0 Å². The minimum absolute atomic E-state index is 0.336. The van der Waals surface area contributed by atoms with Crippen LogP contribution >= 0.6 is 11.3 Å². The first kappa shape index (κ1) is 30.0. The average Bonchev–Trinajstić information content (AvgIpc) is 3.87. The number of aryl methyl sites for hydroxylation is 1. The molecule has 250 valence electrons. The van der Waals surface area contributed by atoms with Crippen LogP contribution < -0.4 is 4.90 Å². The van der Waals surface area contributed by atoms with Crippen molar-refractivity contribution in [2.45, 2.75) is 43.4 Å². The molecule has 3 heteroatoms. The van der Waals surface area contributed by atoms with Crippen LogP contribution in [0.5, 0.6) is 0 Å². The molecule has 0 radical (unpaired) electrons. The molecule has 11 rings (SSSR count). The summed E-state index contributed by atoms with van der Waals surface area (Å²) in [6.07, 6.45) is 23.4. The normalized spacial score (nSPS) is 20.2. The van der Waals surface area contributed by atoms with Crippen LogP contribution in [0.2, 0.25) is 0 Å². The molecule has 52 heavy (non-hydrogen) atoms. The zero-order valence-electron chi connectivity index (χ0n) is 28.9. The molecule has 2 aromatic heterocycles. The number of furan rings is 1. The summed E-state index contributed by atoms with van der Waals surface area (Å²) in [6, 6.07) is 41.3. The summed E-state index contributed by atoms with van der Waals surface area (Å²) in [5.41, 5.74) is 12.6. The van der Waals surface area contributed by atoms with E-state index >= 15 is 0 Å². The maximum absolute atomic E-state index is 6.45. The molecule has 0 bridgehead atoms. The summed E-state index contributed by atoms with van der Waals surface area (Å²) in [5, 5.41) is 3.84. The van der Waals surface area contributed by atoms with Gasteiger partial charge in [0.15, 0.2) is 0 Å². The van der Waals surface area contributed by atoms with Crippen LogP contribution in [-0.4, -0.2) is 0 Å². The molecule has 0 saturated carbocycles. The minimum atomic E-state index is -0.336. The molecule has 0 aliphatic heterocycles. The Morgan fingerprint density at radius 3 is 2.42 bits per heavy atom. The molecule has 2 unspecified atom stereocenters. The number of benzene rings is 5. The number of thiophene rings is 1. The Balaban J connectivity index is 1.10. The van der Waals surface area contributed by atoms with E-state index in [0.29, 0.717) is 5.92 Å². The van der Waals surface area contributed by atoms with Gasteiger partial charge in [0, 0.05) is 49.5 Å². The fraction of sp³-hybridized carbons (Fsp3) is 0.143. The van der Waals surface area contributed by atoms with Gasteiger partial charge in [0.2, 0.25) is 0 Å². The van der Waals surface area contributed by atoms with Gasteiger partial charge in [-0.25, -0.2) is 0 Å². The van der Waals surface area contributed by atoms with Crippen LogP contribution in [0.15, 0.2) is 167 Å². The topological polar surface area (TPSA) is 16.4 Å². The second kappa shape index (κ2) is 11.7. The lowest BCUT2D eigenvalue weighted by molar-refractivity contribution is 0.546. The molecular formula is C49H37NOS. The lowest BCUT2D eigenvalue weighted by Crippen LogP contribution is -2.29. The van der Waals surface area contributed by atoms with E-state index in [1.165, 1.54) is 76.0 Å². The second-order valence-electron chi connectivity index (χ2n) is 14.5. The van der Waals surface area contributed by atoms with Crippen molar-refractivity contribution in [3.63, 3.8) is 0 Å². The van der Waals surface area contributed by atoms with E-state index in [0.717, 1.165) is 43.4 Å². The molecule has 7 aromatic rings. The van der Waals surface area contributed by atoms with E-state index < -0.39 is 0 Å². The van der Waals surface area contributed by atoms with E-state index in [-0.39, 0.29) is 5.41 Å². The molecule has 2 atom stereocenters. The van der Waals surface area contributed by atoms with E-state index in [4.69, 9.17) is 4.42 Å². The molecule has 4 aliphatic carbocycles. The summed E-state index contributed by atoms with van der Waals surface area (Å²) in [7, 11) is 0. The molecule has 4 aliphatic rings. The van der Waals surface area contributed by atoms with Gasteiger partial charge in [-0.3, -0.25) is 0 Å². The quantitative estimate of drug-likeness (QED) is 0.179. The number of nitrogens with zero attached hydrogens (tertiary/aromatic N) is 1. The highest BCUT2D eigenvalue weighted by molar-refractivity contribution is 7.25. The highest BCUT2D eigenvalue weighted by Gasteiger charge is 2.50. The van der Waals surface area contributed by atoms with E-state index in [1.807, 2.05) is 11.3 Å². The number of allylic oxidation sites excluding steroid dienone is 9. The van der Waals surface area contributed by atoms with E-state index in [2.05, 4.69) is 163 Å². The average molecular weight is 688 g/mol. The highest BCUT2D eigenvalue weighted by atomic mass is 32.1. The predicted octanol–water partition coefficient (Wildman–Crippen LogP) is 13.4. The van der Waals surface area contributed by atoms with Crippen molar-refractivity contribution in [1.82, 2.24) is 0 Å². The third-order valence-electron chi connectivity index (χ3n) is 11.8. The van der Waals surface area contributed by atoms with Crippen LogP contribution in [-0.2, 0) is 11.8 Å². The second-order valence-corrected chi connectivity index (χ2v) is 15.6. The Bertz CT molecular complexity index is 2730. The van der Waals surface area contributed by atoms with Gasteiger partial charge in [-0.05, 0) is 89.9 Å². The molecule has 0 N–H and O–H groups in total. The summed E-state index contributed by atoms with van der Waals surface area (Å²) in [5.74, 6) is 1.49. The van der Waals surface area contributed by atoms with Crippen LogP contribution in [0.1, 0.15) is 65.2 Å². The fourth-order valence-corrected chi connectivity index (χ4v) is 10.8. The lowest BCUT2D eigenvalue weighted by atomic mass is 9.66. The predicted molar refractivity (Wildman–Crippen MR) is 219 cm³/mol. The molecule has 0 fully saturated rings. The monoisotopic (exact) mass is 687 g/mol. The third-order valence-corrected chi connectivity index (χ3v) is 13.0. The molecule has 0 spiro atoms. The Kier molecular flexibility index (Phi) is 6.75. The summed E-state index contributed by atoms with van der Waals surface area (Å²) in [4.78, 5) is 2.49. The lowest BCUT2D eigenvalue weighted by Gasteiger charge is -2.36. The number of hydrogen-bond acceptors (Lipinski definition) is 3. The molecule has 0 amide bonds. The SMILES string of the molecule is C1=CCCC(N(c2ccc3c(c2)sc2cc(C4(c5ccccc5)C5=CC=CCC5c5ccccc54)ccc23)c2cccc3oc4c(c23)C=CCC4)=C1. The van der Waals surface area contributed by atoms with Gasteiger partial charge >= 0.3 is 0 Å². The zero-order chi connectivity index (χ0) is 34.2. The summed E-state index contributed by atoms with van der Waals surface area (Å²) < 4.78 is 9.08. The van der Waals surface area contributed by atoms with Crippen molar-refractivity contribution < 1.29 is 4.42 Å². The maximum Gasteiger partial charge on any atom is 0.137 e. The number of hydrogen-bond donors (Lipinski definition) is 0. The number of fused-ring (bicyclic) bond motifs is 9. The van der Waals surface area contributed by atoms with Gasteiger partial charge in [-0.15, -0.1) is 11.3 Å². The molecule has 0 saturated heterocycles. The van der Waals surface area contributed by atoms with Crippen LogP contribution in [0.25, 0.3) is 37.2 Å². The smallest absolute Gasteiger partial charge is 0.137 e. The van der Waals surface area contributed by atoms with Crippen LogP contribution in [0.3, 0.4) is 0 Å².